The summed E-state index contributed by atoms with van der Waals surface area (Å²) < 4.78 is 58.5. The van der Waals surface area contributed by atoms with Gasteiger partial charge in [-0.05, 0) is 35.9 Å². The lowest BCUT2D eigenvalue weighted by Crippen LogP contribution is -2.14. The van der Waals surface area contributed by atoms with Crippen molar-refractivity contribution in [3.8, 4) is 17.2 Å². The van der Waals surface area contributed by atoms with Crippen molar-refractivity contribution in [3.05, 3.63) is 41.8 Å². The summed E-state index contributed by atoms with van der Waals surface area (Å²) >= 11 is 0. The SMILES string of the molecule is COc1cc(CC(=O)Nc2ccc3oc(C(F)(F)F)nc3c2)cc(OC)c1OC. The molecule has 0 radical (unpaired) electrons. The number of anilines is 1. The second-order valence-corrected chi connectivity index (χ2v) is 5.96. The number of oxazole rings is 1. The molecule has 0 aliphatic carbocycles. The number of hydrogen-bond acceptors (Lipinski definition) is 6. The molecule has 3 aromatic rings. The number of nitrogens with zero attached hydrogens (tertiary/aromatic N) is 1. The van der Waals surface area contributed by atoms with Crippen LogP contribution >= 0.6 is 0 Å². The number of carbonyl (C=O) groups is 1. The van der Waals surface area contributed by atoms with Gasteiger partial charge in [0.15, 0.2) is 17.1 Å². The van der Waals surface area contributed by atoms with E-state index in [1.54, 1.807) is 12.1 Å². The van der Waals surface area contributed by atoms with Crippen molar-refractivity contribution in [2.24, 2.45) is 0 Å². The van der Waals surface area contributed by atoms with Crippen LogP contribution in [0, 0.1) is 0 Å². The number of benzene rings is 2. The lowest BCUT2D eigenvalue weighted by atomic mass is 10.1. The molecular weight excluding hydrogens is 393 g/mol. The van der Waals surface area contributed by atoms with Crippen LogP contribution in [0.4, 0.5) is 18.9 Å². The Morgan fingerprint density at radius 2 is 1.72 bits per heavy atom. The Kier molecular flexibility index (Phi) is 5.53. The van der Waals surface area contributed by atoms with Crippen LogP contribution in [0.3, 0.4) is 0 Å². The minimum absolute atomic E-state index is 0.0112. The van der Waals surface area contributed by atoms with Crippen LogP contribution in [0.1, 0.15) is 11.5 Å². The van der Waals surface area contributed by atoms with Crippen LogP contribution in [0.25, 0.3) is 11.1 Å². The van der Waals surface area contributed by atoms with Gasteiger partial charge in [0, 0.05) is 5.69 Å². The number of alkyl halides is 3. The highest BCUT2D eigenvalue weighted by molar-refractivity contribution is 5.94. The lowest BCUT2D eigenvalue weighted by Gasteiger charge is -2.14. The Morgan fingerprint density at radius 1 is 1.07 bits per heavy atom. The molecule has 0 fully saturated rings. The van der Waals surface area contributed by atoms with Crippen molar-refractivity contribution in [1.29, 1.82) is 0 Å². The number of amides is 1. The second kappa shape index (κ2) is 7.90. The Hall–Kier alpha value is -3.43. The molecule has 0 saturated carbocycles. The topological polar surface area (TPSA) is 82.8 Å². The molecule has 0 saturated heterocycles. The van der Waals surface area contributed by atoms with Crippen LogP contribution in [-0.2, 0) is 17.4 Å². The zero-order chi connectivity index (χ0) is 21.2. The van der Waals surface area contributed by atoms with Crippen LogP contribution < -0.4 is 19.5 Å². The van der Waals surface area contributed by atoms with Crippen molar-refractivity contribution >= 4 is 22.7 Å². The van der Waals surface area contributed by atoms with E-state index in [-0.39, 0.29) is 23.2 Å². The van der Waals surface area contributed by atoms with E-state index in [2.05, 4.69) is 14.7 Å². The highest BCUT2D eigenvalue weighted by Gasteiger charge is 2.37. The number of carbonyl (C=O) groups excluding carboxylic acids is 1. The quantitative estimate of drug-likeness (QED) is 0.660. The van der Waals surface area contributed by atoms with E-state index in [9.17, 15) is 18.0 Å². The number of nitrogens with one attached hydrogen (secondary N) is 1. The average Bonchev–Trinajstić information content (AvgIpc) is 3.11. The first-order valence-electron chi connectivity index (χ1n) is 8.31. The van der Waals surface area contributed by atoms with Crippen molar-refractivity contribution < 1.29 is 36.6 Å². The maximum Gasteiger partial charge on any atom is 0.468 e. The van der Waals surface area contributed by atoms with Gasteiger partial charge in [-0.1, -0.05) is 0 Å². The van der Waals surface area contributed by atoms with Crippen molar-refractivity contribution in [1.82, 2.24) is 4.98 Å². The summed E-state index contributed by atoms with van der Waals surface area (Å²) in [6, 6.07) is 7.32. The van der Waals surface area contributed by atoms with E-state index < -0.39 is 18.0 Å². The zero-order valence-corrected chi connectivity index (χ0v) is 15.7. The fourth-order valence-corrected chi connectivity index (χ4v) is 2.75. The predicted octanol–water partition coefficient (Wildman–Crippen LogP) is 4.05. The summed E-state index contributed by atoms with van der Waals surface area (Å²) in [5.41, 5.74) is 0.846. The van der Waals surface area contributed by atoms with E-state index >= 15 is 0 Å². The van der Waals surface area contributed by atoms with E-state index in [1.165, 1.54) is 39.5 Å². The van der Waals surface area contributed by atoms with E-state index in [1.807, 2.05) is 0 Å². The average molecular weight is 410 g/mol. The third-order valence-electron chi connectivity index (χ3n) is 4.00. The molecule has 0 bridgehead atoms. The van der Waals surface area contributed by atoms with Gasteiger partial charge >= 0.3 is 12.1 Å². The van der Waals surface area contributed by atoms with Gasteiger partial charge < -0.3 is 23.9 Å². The lowest BCUT2D eigenvalue weighted by molar-refractivity contribution is -0.156. The third-order valence-corrected chi connectivity index (χ3v) is 4.00. The number of aromatic nitrogens is 1. The van der Waals surface area contributed by atoms with Crippen molar-refractivity contribution in [2.45, 2.75) is 12.6 Å². The molecule has 1 heterocycles. The summed E-state index contributed by atoms with van der Waals surface area (Å²) in [5.74, 6) is -0.528. The molecule has 29 heavy (non-hydrogen) atoms. The molecule has 1 amide bonds. The number of fused-ring (bicyclic) bond motifs is 1. The van der Waals surface area contributed by atoms with Crippen LogP contribution in [0.2, 0.25) is 0 Å². The first-order valence-corrected chi connectivity index (χ1v) is 8.31. The van der Waals surface area contributed by atoms with Gasteiger partial charge in [-0.15, -0.1) is 0 Å². The molecular formula is C19H17F3N2O5. The predicted molar refractivity (Wildman–Crippen MR) is 97.4 cm³/mol. The van der Waals surface area contributed by atoms with Gasteiger partial charge in [0.05, 0.1) is 27.8 Å². The van der Waals surface area contributed by atoms with Crippen LogP contribution in [-0.4, -0.2) is 32.2 Å². The molecule has 0 unspecified atom stereocenters. The minimum Gasteiger partial charge on any atom is -0.493 e. The fraction of sp³-hybridized carbons (Fsp3) is 0.263. The normalized spacial score (nSPS) is 11.4. The Bertz CT molecular complexity index is 1020. The van der Waals surface area contributed by atoms with Gasteiger partial charge in [0.2, 0.25) is 11.7 Å². The molecule has 0 aliphatic heterocycles. The van der Waals surface area contributed by atoms with Crippen molar-refractivity contribution in [2.75, 3.05) is 26.6 Å². The summed E-state index contributed by atoms with van der Waals surface area (Å²) in [4.78, 5) is 15.8. The number of rotatable bonds is 6. The first-order chi connectivity index (χ1) is 13.7. The van der Waals surface area contributed by atoms with E-state index in [0.29, 0.717) is 22.8 Å². The molecule has 3 rings (SSSR count). The number of hydrogen-bond donors (Lipinski definition) is 1. The fourth-order valence-electron chi connectivity index (χ4n) is 2.75. The summed E-state index contributed by atoms with van der Waals surface area (Å²) in [6.45, 7) is 0. The Morgan fingerprint density at radius 3 is 2.28 bits per heavy atom. The molecule has 1 N–H and O–H groups in total. The summed E-state index contributed by atoms with van der Waals surface area (Å²) in [7, 11) is 4.39. The molecule has 1 aromatic heterocycles. The monoisotopic (exact) mass is 410 g/mol. The van der Waals surface area contributed by atoms with Gasteiger partial charge in [-0.3, -0.25) is 4.79 Å². The van der Waals surface area contributed by atoms with Gasteiger partial charge in [0.25, 0.3) is 0 Å². The van der Waals surface area contributed by atoms with Crippen LogP contribution in [0.15, 0.2) is 34.7 Å². The van der Waals surface area contributed by atoms with E-state index in [4.69, 9.17) is 14.2 Å². The number of halogens is 3. The molecule has 0 spiro atoms. The molecule has 0 aliphatic rings. The minimum atomic E-state index is -4.69. The standard InChI is InChI=1S/C19H17F3N2O5/c1-26-14-6-10(7-15(27-2)17(14)28-3)8-16(25)23-11-4-5-13-12(9-11)24-18(29-13)19(20,21)22/h4-7,9H,8H2,1-3H3,(H,23,25). The second-order valence-electron chi connectivity index (χ2n) is 5.96. The maximum absolute atomic E-state index is 12.7. The first kappa shape index (κ1) is 20.3. The highest BCUT2D eigenvalue weighted by atomic mass is 19.4. The van der Waals surface area contributed by atoms with Gasteiger partial charge in [-0.2, -0.15) is 13.2 Å². The smallest absolute Gasteiger partial charge is 0.468 e. The Labute approximate surface area is 163 Å². The number of methoxy groups -OCH3 is 3. The molecule has 154 valence electrons. The Balaban J connectivity index is 1.78. The molecule has 7 nitrogen and oxygen atoms in total. The largest absolute Gasteiger partial charge is 0.493 e. The van der Waals surface area contributed by atoms with Crippen LogP contribution in [0.5, 0.6) is 17.2 Å². The number of ether oxygens (including phenoxy) is 3. The molecule has 10 heteroatoms. The molecule has 2 aromatic carbocycles. The summed E-state index contributed by atoms with van der Waals surface area (Å²) in [6.07, 6.45) is -4.71. The molecule has 0 atom stereocenters. The van der Waals surface area contributed by atoms with Gasteiger partial charge in [-0.25, -0.2) is 4.98 Å². The van der Waals surface area contributed by atoms with Gasteiger partial charge in [0.1, 0.15) is 5.52 Å². The summed E-state index contributed by atoms with van der Waals surface area (Å²) in [5, 5.41) is 2.62. The maximum atomic E-state index is 12.7. The van der Waals surface area contributed by atoms with Crippen molar-refractivity contribution in [3.63, 3.8) is 0 Å². The third kappa shape index (κ3) is 4.36. The highest BCUT2D eigenvalue weighted by Crippen LogP contribution is 2.38. The zero-order valence-electron chi connectivity index (χ0n) is 15.7. The van der Waals surface area contributed by atoms with E-state index in [0.717, 1.165) is 0 Å².